The smallest absolute Gasteiger partial charge is 0.300 e. The first-order valence-corrected chi connectivity index (χ1v) is 13.2. The maximum absolute atomic E-state index is 13.5. The molecular weight excluding hydrogens is 500 g/mol. The van der Waals surface area contributed by atoms with Gasteiger partial charge in [-0.3, -0.25) is 14.5 Å². The normalized spacial score (nSPS) is 16.8. The molecule has 3 aromatic carbocycles. The van der Waals surface area contributed by atoms with Crippen molar-refractivity contribution in [1.29, 1.82) is 0 Å². The molecular formula is C31H33ClN2O4. The molecule has 0 saturated carbocycles. The number of nitrogens with zero attached hydrogens (tertiary/aromatic N) is 2. The van der Waals surface area contributed by atoms with Crippen LogP contribution in [0.4, 0.5) is 11.4 Å². The Labute approximate surface area is 229 Å². The molecule has 3 aromatic rings. The van der Waals surface area contributed by atoms with E-state index < -0.39 is 17.7 Å². The fourth-order valence-electron chi connectivity index (χ4n) is 4.90. The van der Waals surface area contributed by atoms with E-state index in [0.29, 0.717) is 27.9 Å². The van der Waals surface area contributed by atoms with Gasteiger partial charge in [0.2, 0.25) is 0 Å². The lowest BCUT2D eigenvalue weighted by Gasteiger charge is -2.27. The Morgan fingerprint density at radius 1 is 1.00 bits per heavy atom. The summed E-state index contributed by atoms with van der Waals surface area (Å²) >= 11 is 6.23. The molecule has 1 heterocycles. The molecule has 0 aromatic heterocycles. The summed E-state index contributed by atoms with van der Waals surface area (Å²) in [6.45, 7) is 10.1. The molecule has 7 heteroatoms. The third-order valence-corrected chi connectivity index (χ3v) is 7.27. The highest BCUT2D eigenvalue weighted by atomic mass is 35.5. The molecule has 4 rings (SSSR count). The van der Waals surface area contributed by atoms with Gasteiger partial charge >= 0.3 is 0 Å². The summed E-state index contributed by atoms with van der Waals surface area (Å²) in [6, 6.07) is 19.3. The number of ketones is 1. The highest BCUT2D eigenvalue weighted by molar-refractivity contribution is 6.51. The molecule has 1 unspecified atom stereocenters. The molecule has 1 aliphatic rings. The Morgan fingerprint density at radius 2 is 1.63 bits per heavy atom. The monoisotopic (exact) mass is 532 g/mol. The Bertz CT molecular complexity index is 1360. The van der Waals surface area contributed by atoms with E-state index in [1.165, 1.54) is 18.1 Å². The minimum absolute atomic E-state index is 0.0147. The Balaban J connectivity index is 1.92. The molecule has 38 heavy (non-hydrogen) atoms. The van der Waals surface area contributed by atoms with E-state index in [2.05, 4.69) is 32.6 Å². The summed E-state index contributed by atoms with van der Waals surface area (Å²) in [5.74, 6) is -1.15. The van der Waals surface area contributed by atoms with E-state index in [0.717, 1.165) is 24.3 Å². The van der Waals surface area contributed by atoms with Gasteiger partial charge in [-0.25, -0.2) is 0 Å². The van der Waals surface area contributed by atoms with Gasteiger partial charge in [0, 0.05) is 29.5 Å². The number of aliphatic hydroxyl groups excluding tert-OH is 1. The van der Waals surface area contributed by atoms with Gasteiger partial charge in [0.05, 0.1) is 24.3 Å². The van der Waals surface area contributed by atoms with Crippen LogP contribution >= 0.6 is 11.6 Å². The third kappa shape index (κ3) is 5.01. The largest absolute Gasteiger partial charge is 0.507 e. The highest BCUT2D eigenvalue weighted by Crippen LogP contribution is 2.44. The number of rotatable bonds is 8. The van der Waals surface area contributed by atoms with Crippen LogP contribution in [0.1, 0.15) is 56.3 Å². The van der Waals surface area contributed by atoms with Gasteiger partial charge in [-0.15, -0.1) is 0 Å². The number of anilines is 2. The van der Waals surface area contributed by atoms with Crippen molar-refractivity contribution in [3.05, 3.63) is 94.0 Å². The quantitative estimate of drug-likeness (QED) is 0.193. The number of carbonyl (C=O) groups excluding carboxylic acids is 2. The lowest BCUT2D eigenvalue weighted by Crippen LogP contribution is -2.29. The second kappa shape index (κ2) is 11.3. The zero-order valence-corrected chi connectivity index (χ0v) is 23.1. The number of hydrogen-bond acceptors (Lipinski definition) is 5. The Kier molecular flexibility index (Phi) is 8.12. The highest BCUT2D eigenvalue weighted by Gasteiger charge is 2.47. The summed E-state index contributed by atoms with van der Waals surface area (Å²) in [5, 5.41) is 11.9. The summed E-state index contributed by atoms with van der Waals surface area (Å²) in [6.07, 6.45) is 0. The first kappa shape index (κ1) is 27.3. The average Bonchev–Trinajstić information content (AvgIpc) is 3.19. The van der Waals surface area contributed by atoms with Crippen LogP contribution in [0, 0.1) is 0 Å². The summed E-state index contributed by atoms with van der Waals surface area (Å²) < 4.78 is 5.43. The molecule has 1 aliphatic heterocycles. The number of amides is 1. The van der Waals surface area contributed by atoms with Crippen molar-refractivity contribution >= 4 is 40.4 Å². The molecule has 0 spiro atoms. The molecule has 1 atom stereocenters. The summed E-state index contributed by atoms with van der Waals surface area (Å²) in [7, 11) is 1.47. The van der Waals surface area contributed by atoms with Crippen LogP contribution in [0.15, 0.2) is 72.3 Å². The van der Waals surface area contributed by atoms with Gasteiger partial charge in [0.15, 0.2) is 0 Å². The lowest BCUT2D eigenvalue weighted by atomic mass is 9.94. The van der Waals surface area contributed by atoms with Crippen molar-refractivity contribution in [2.24, 2.45) is 0 Å². The van der Waals surface area contributed by atoms with E-state index in [9.17, 15) is 14.7 Å². The predicted molar refractivity (Wildman–Crippen MR) is 153 cm³/mol. The number of benzene rings is 3. The fourth-order valence-corrected chi connectivity index (χ4v) is 5.07. The van der Waals surface area contributed by atoms with Crippen LogP contribution in [-0.2, 0) is 9.59 Å². The topological polar surface area (TPSA) is 70.1 Å². The summed E-state index contributed by atoms with van der Waals surface area (Å²) in [5.41, 5.74) is 3.67. The molecule has 0 radical (unpaired) electrons. The number of hydrogen-bond donors (Lipinski definition) is 1. The van der Waals surface area contributed by atoms with Gasteiger partial charge in [-0.05, 0) is 73.4 Å². The standard InChI is InChI=1S/C31H33ClN2O4/c1-6-33(7-2)23-13-10-21(11-14-23)28-27(29(35)25-18-22(32)12-17-26(25)38-5)30(36)31(37)34(28)24-15-8-20(9-16-24)19(3)4/h8-19,28,35H,6-7H2,1-5H3/b29-27+. The van der Waals surface area contributed by atoms with Gasteiger partial charge in [0.1, 0.15) is 11.5 Å². The molecule has 1 amide bonds. The number of carbonyl (C=O) groups is 2. The summed E-state index contributed by atoms with van der Waals surface area (Å²) in [4.78, 5) is 30.7. The SMILES string of the molecule is CCN(CC)c1ccc(C2/C(=C(\O)c3cc(Cl)ccc3OC)C(=O)C(=O)N2c2ccc(C(C)C)cc2)cc1. The van der Waals surface area contributed by atoms with Gasteiger partial charge in [-0.2, -0.15) is 0 Å². The third-order valence-electron chi connectivity index (χ3n) is 7.04. The zero-order chi connectivity index (χ0) is 27.6. The Hall–Kier alpha value is -3.77. The second-order valence-corrected chi connectivity index (χ2v) is 9.96. The van der Waals surface area contributed by atoms with Gasteiger partial charge < -0.3 is 14.7 Å². The fraction of sp³-hybridized carbons (Fsp3) is 0.290. The molecule has 6 nitrogen and oxygen atoms in total. The number of aliphatic hydroxyl groups is 1. The van der Waals surface area contributed by atoms with Crippen LogP contribution in [0.3, 0.4) is 0 Å². The van der Waals surface area contributed by atoms with Gasteiger partial charge in [0.25, 0.3) is 11.7 Å². The number of methoxy groups -OCH3 is 1. The average molecular weight is 533 g/mol. The lowest BCUT2D eigenvalue weighted by molar-refractivity contribution is -0.132. The number of halogens is 1. The maximum atomic E-state index is 13.5. The van der Waals surface area contributed by atoms with E-state index in [1.54, 1.807) is 12.1 Å². The van der Waals surface area contributed by atoms with Crippen LogP contribution in [0.2, 0.25) is 5.02 Å². The van der Waals surface area contributed by atoms with Crippen molar-refractivity contribution in [2.45, 2.75) is 39.7 Å². The van der Waals surface area contributed by atoms with Crippen LogP contribution < -0.4 is 14.5 Å². The molecule has 1 N–H and O–H groups in total. The molecule has 1 saturated heterocycles. The van der Waals surface area contributed by atoms with Crippen molar-refractivity contribution in [1.82, 2.24) is 0 Å². The van der Waals surface area contributed by atoms with Crippen molar-refractivity contribution in [2.75, 3.05) is 30.0 Å². The number of ether oxygens (including phenoxy) is 1. The first-order valence-electron chi connectivity index (χ1n) is 12.8. The maximum Gasteiger partial charge on any atom is 0.300 e. The van der Waals surface area contributed by atoms with Crippen LogP contribution in [-0.4, -0.2) is 37.0 Å². The molecule has 0 bridgehead atoms. The van der Waals surface area contributed by atoms with E-state index in [1.807, 2.05) is 48.5 Å². The van der Waals surface area contributed by atoms with E-state index >= 15 is 0 Å². The minimum Gasteiger partial charge on any atom is -0.507 e. The second-order valence-electron chi connectivity index (χ2n) is 9.52. The predicted octanol–water partition coefficient (Wildman–Crippen LogP) is 6.94. The van der Waals surface area contributed by atoms with Crippen LogP contribution in [0.25, 0.3) is 5.76 Å². The van der Waals surface area contributed by atoms with Crippen LogP contribution in [0.5, 0.6) is 5.75 Å². The zero-order valence-electron chi connectivity index (χ0n) is 22.4. The molecule has 198 valence electrons. The van der Waals surface area contributed by atoms with E-state index in [-0.39, 0.29) is 16.9 Å². The molecule has 0 aliphatic carbocycles. The van der Waals surface area contributed by atoms with Crippen molar-refractivity contribution in [3.63, 3.8) is 0 Å². The van der Waals surface area contributed by atoms with Crippen molar-refractivity contribution < 1.29 is 19.4 Å². The first-order chi connectivity index (χ1) is 18.2. The van der Waals surface area contributed by atoms with E-state index in [4.69, 9.17) is 16.3 Å². The minimum atomic E-state index is -0.839. The Morgan fingerprint density at radius 3 is 2.18 bits per heavy atom. The van der Waals surface area contributed by atoms with Gasteiger partial charge in [-0.1, -0.05) is 49.7 Å². The van der Waals surface area contributed by atoms with Crippen molar-refractivity contribution in [3.8, 4) is 5.75 Å². The molecule has 1 fully saturated rings. The number of Topliss-reactive ketones (excluding diaryl/α,β-unsaturated/α-hetero) is 1.